The van der Waals surface area contributed by atoms with Crippen LogP contribution in [-0.4, -0.2) is 36.0 Å². The summed E-state index contributed by atoms with van der Waals surface area (Å²) in [5, 5.41) is 1.77. The summed E-state index contributed by atoms with van der Waals surface area (Å²) in [4.78, 5) is 20.4. The van der Waals surface area contributed by atoms with Gasteiger partial charge in [0.15, 0.2) is 0 Å². The fraction of sp³-hybridized carbons (Fsp3) is 0.294. The Morgan fingerprint density at radius 2 is 2.04 bits per heavy atom. The minimum atomic E-state index is -0.0304. The molecule has 0 bridgehead atoms. The number of methoxy groups -OCH3 is 1. The number of nitrogens with zero attached hydrogens (tertiary/aromatic N) is 2. The van der Waals surface area contributed by atoms with Crippen LogP contribution in [0.15, 0.2) is 24.3 Å². The van der Waals surface area contributed by atoms with Crippen molar-refractivity contribution in [3.63, 3.8) is 0 Å². The average Bonchev–Trinajstić information content (AvgIpc) is 2.89. The van der Waals surface area contributed by atoms with Gasteiger partial charge in [-0.05, 0) is 38.1 Å². The highest BCUT2D eigenvalue weighted by Crippen LogP contribution is 2.35. The Balaban J connectivity index is 2.17. The summed E-state index contributed by atoms with van der Waals surface area (Å²) in [5.74, 6) is 0.740. The van der Waals surface area contributed by atoms with Gasteiger partial charge in [-0.25, -0.2) is 4.98 Å². The predicted molar refractivity (Wildman–Crippen MR) is 95.3 cm³/mol. The molecule has 0 saturated carbocycles. The van der Waals surface area contributed by atoms with Crippen LogP contribution >= 0.6 is 11.3 Å². The minimum absolute atomic E-state index is 0.0304. The molecule has 0 aliphatic rings. The van der Waals surface area contributed by atoms with Gasteiger partial charge in [0.1, 0.15) is 15.5 Å². The van der Waals surface area contributed by atoms with Crippen LogP contribution in [0.4, 0.5) is 5.69 Å². The van der Waals surface area contributed by atoms with Crippen LogP contribution in [0.3, 0.4) is 0 Å². The molecular weight excluding hydrogens is 310 g/mol. The van der Waals surface area contributed by atoms with Crippen LogP contribution < -0.4 is 10.5 Å². The Morgan fingerprint density at radius 1 is 1.30 bits per heavy atom. The first-order valence-electron chi connectivity index (χ1n) is 7.55. The van der Waals surface area contributed by atoms with Crippen molar-refractivity contribution in [3.05, 3.63) is 29.1 Å². The molecule has 3 aromatic rings. The van der Waals surface area contributed by atoms with E-state index in [-0.39, 0.29) is 5.91 Å². The normalized spacial score (nSPS) is 11.1. The number of carbonyl (C=O) groups excluding carboxylic acids is 1. The van der Waals surface area contributed by atoms with E-state index in [2.05, 4.69) is 4.98 Å². The lowest BCUT2D eigenvalue weighted by Crippen LogP contribution is -2.30. The average molecular weight is 329 g/mol. The van der Waals surface area contributed by atoms with Crippen LogP contribution in [0.25, 0.3) is 21.1 Å². The smallest absolute Gasteiger partial charge is 0.266 e. The van der Waals surface area contributed by atoms with E-state index in [1.165, 1.54) is 11.3 Å². The number of amides is 1. The molecule has 1 amide bonds. The van der Waals surface area contributed by atoms with Crippen LogP contribution in [0, 0.1) is 0 Å². The number of hydrogen-bond donors (Lipinski definition) is 1. The highest BCUT2D eigenvalue weighted by molar-refractivity contribution is 7.21. The summed E-state index contributed by atoms with van der Waals surface area (Å²) in [6.45, 7) is 5.25. The molecule has 0 aliphatic heterocycles. The number of pyridine rings is 1. The summed E-state index contributed by atoms with van der Waals surface area (Å²) < 4.78 is 5.25. The number of anilines is 1. The second-order valence-corrected chi connectivity index (χ2v) is 6.22. The van der Waals surface area contributed by atoms with Gasteiger partial charge >= 0.3 is 0 Å². The molecule has 3 rings (SSSR count). The predicted octanol–water partition coefficient (Wildman–Crippen LogP) is 3.52. The molecule has 0 fully saturated rings. The molecule has 2 aromatic heterocycles. The Bertz CT molecular complexity index is 884. The molecule has 0 saturated heterocycles. The second-order valence-electron chi connectivity index (χ2n) is 5.22. The number of nitrogen functional groups attached to an aromatic ring is 1. The zero-order valence-corrected chi connectivity index (χ0v) is 14.2. The maximum absolute atomic E-state index is 12.6. The lowest BCUT2D eigenvalue weighted by molar-refractivity contribution is 0.0779. The third kappa shape index (κ3) is 2.59. The number of hydrogen-bond acceptors (Lipinski definition) is 5. The van der Waals surface area contributed by atoms with Crippen molar-refractivity contribution in [2.24, 2.45) is 0 Å². The molecule has 0 atom stereocenters. The molecule has 0 aliphatic carbocycles. The van der Waals surface area contributed by atoms with E-state index in [1.807, 2.05) is 38.1 Å². The summed E-state index contributed by atoms with van der Waals surface area (Å²) in [6, 6.07) is 7.69. The van der Waals surface area contributed by atoms with Crippen molar-refractivity contribution in [3.8, 4) is 5.75 Å². The van der Waals surface area contributed by atoms with Gasteiger partial charge in [0.25, 0.3) is 5.91 Å². The number of carbonyl (C=O) groups is 1. The zero-order chi connectivity index (χ0) is 16.6. The molecule has 23 heavy (non-hydrogen) atoms. The van der Waals surface area contributed by atoms with Gasteiger partial charge in [-0.1, -0.05) is 0 Å². The molecule has 0 spiro atoms. The van der Waals surface area contributed by atoms with Crippen LogP contribution in [0.5, 0.6) is 5.75 Å². The Hall–Kier alpha value is -2.34. The topological polar surface area (TPSA) is 68.5 Å². The van der Waals surface area contributed by atoms with Gasteiger partial charge in [0, 0.05) is 23.9 Å². The van der Waals surface area contributed by atoms with E-state index in [0.717, 1.165) is 26.9 Å². The number of thiophene rings is 1. The fourth-order valence-corrected chi connectivity index (χ4v) is 3.67. The molecule has 2 N–H and O–H groups in total. The van der Waals surface area contributed by atoms with E-state index >= 15 is 0 Å². The van der Waals surface area contributed by atoms with Crippen molar-refractivity contribution >= 4 is 44.1 Å². The van der Waals surface area contributed by atoms with Crippen molar-refractivity contribution in [2.75, 3.05) is 25.9 Å². The van der Waals surface area contributed by atoms with Crippen molar-refractivity contribution < 1.29 is 9.53 Å². The first kappa shape index (κ1) is 15.6. The third-order valence-electron chi connectivity index (χ3n) is 3.97. The van der Waals surface area contributed by atoms with Gasteiger partial charge in [0.05, 0.1) is 18.3 Å². The minimum Gasteiger partial charge on any atom is -0.497 e. The highest BCUT2D eigenvalue weighted by Gasteiger charge is 2.21. The maximum Gasteiger partial charge on any atom is 0.266 e. The molecule has 0 unspecified atom stereocenters. The van der Waals surface area contributed by atoms with Crippen molar-refractivity contribution in [1.82, 2.24) is 9.88 Å². The maximum atomic E-state index is 12.6. The zero-order valence-electron chi connectivity index (χ0n) is 13.4. The molecule has 6 heteroatoms. The van der Waals surface area contributed by atoms with Crippen molar-refractivity contribution in [2.45, 2.75) is 13.8 Å². The first-order valence-corrected chi connectivity index (χ1v) is 8.36. The number of ether oxygens (including phenoxy) is 1. The van der Waals surface area contributed by atoms with Gasteiger partial charge in [-0.15, -0.1) is 11.3 Å². The summed E-state index contributed by atoms with van der Waals surface area (Å²) >= 11 is 1.36. The number of benzene rings is 1. The van der Waals surface area contributed by atoms with Gasteiger partial charge in [-0.3, -0.25) is 4.79 Å². The number of fused-ring (bicyclic) bond motifs is 2. The summed E-state index contributed by atoms with van der Waals surface area (Å²) in [5.41, 5.74) is 7.62. The SMILES string of the molecule is CCN(CC)C(=O)c1sc2nc3ccc(OC)cc3cc2c1N. The molecular formula is C17H19N3O2S. The molecule has 1 aromatic carbocycles. The molecule has 120 valence electrons. The molecule has 5 nitrogen and oxygen atoms in total. The third-order valence-corrected chi connectivity index (χ3v) is 5.07. The van der Waals surface area contributed by atoms with Gasteiger partial charge < -0.3 is 15.4 Å². The van der Waals surface area contributed by atoms with Gasteiger partial charge in [0.2, 0.25) is 0 Å². The van der Waals surface area contributed by atoms with Crippen molar-refractivity contribution in [1.29, 1.82) is 0 Å². The lowest BCUT2D eigenvalue weighted by atomic mass is 10.1. The van der Waals surface area contributed by atoms with E-state index in [1.54, 1.807) is 12.0 Å². The second kappa shape index (κ2) is 6.04. The van der Waals surface area contributed by atoms with Crippen LogP contribution in [0.1, 0.15) is 23.5 Å². The summed E-state index contributed by atoms with van der Waals surface area (Å²) in [7, 11) is 1.63. The number of rotatable bonds is 4. The number of aromatic nitrogens is 1. The Morgan fingerprint density at radius 3 is 2.70 bits per heavy atom. The molecule has 0 radical (unpaired) electrons. The first-order chi connectivity index (χ1) is 11.1. The van der Waals surface area contributed by atoms with E-state index in [9.17, 15) is 4.79 Å². The largest absolute Gasteiger partial charge is 0.497 e. The van der Waals surface area contributed by atoms with Crippen LogP contribution in [0.2, 0.25) is 0 Å². The van der Waals surface area contributed by atoms with Gasteiger partial charge in [-0.2, -0.15) is 0 Å². The van der Waals surface area contributed by atoms with E-state index in [4.69, 9.17) is 10.5 Å². The quantitative estimate of drug-likeness (QED) is 0.795. The monoisotopic (exact) mass is 329 g/mol. The highest BCUT2D eigenvalue weighted by atomic mass is 32.1. The Kier molecular flexibility index (Phi) is 4.09. The Labute approximate surface area is 138 Å². The number of nitrogens with two attached hydrogens (primary N) is 1. The summed E-state index contributed by atoms with van der Waals surface area (Å²) in [6.07, 6.45) is 0. The standard InChI is InChI=1S/C17H19N3O2S/c1-4-20(5-2)17(21)15-14(18)12-9-10-8-11(22-3)6-7-13(10)19-16(12)23-15/h6-9H,4-5,18H2,1-3H3. The van der Waals surface area contributed by atoms with Crippen LogP contribution in [-0.2, 0) is 0 Å². The lowest BCUT2D eigenvalue weighted by Gasteiger charge is -2.17. The fourth-order valence-electron chi connectivity index (χ4n) is 2.62. The van der Waals surface area contributed by atoms with E-state index in [0.29, 0.717) is 23.7 Å². The molecule has 2 heterocycles. The van der Waals surface area contributed by atoms with E-state index < -0.39 is 0 Å².